The number of ether oxygens (including phenoxy) is 1. The molecule has 0 amide bonds. The van der Waals surface area contributed by atoms with Crippen LogP contribution in [0.2, 0.25) is 0 Å². The zero-order chi connectivity index (χ0) is 15.0. The second-order valence-corrected chi connectivity index (χ2v) is 6.06. The van der Waals surface area contributed by atoms with E-state index in [4.69, 9.17) is 4.74 Å². The minimum absolute atomic E-state index is 0.0416. The summed E-state index contributed by atoms with van der Waals surface area (Å²) in [7, 11) is 0. The normalized spacial score (nSPS) is 21.6. The Bertz CT molecular complexity index is 243. The minimum Gasteiger partial charge on any atom is -0.391 e. The third-order valence-corrected chi connectivity index (χ3v) is 5.27. The van der Waals surface area contributed by atoms with Gasteiger partial charge in [-0.1, -0.05) is 27.7 Å². The lowest BCUT2D eigenvalue weighted by molar-refractivity contribution is -0.0407. The summed E-state index contributed by atoms with van der Waals surface area (Å²) in [5, 5.41) is 10.8. The Kier molecular flexibility index (Phi) is 8.08. The lowest BCUT2D eigenvalue weighted by Gasteiger charge is -2.46. The maximum Gasteiger partial charge on any atom is 0.0723 e. The number of aliphatic hydroxyl groups is 1. The number of hydrogen-bond donors (Lipinski definition) is 1. The largest absolute Gasteiger partial charge is 0.391 e. The lowest BCUT2D eigenvalue weighted by Crippen LogP contribution is -2.56. The molecule has 0 spiro atoms. The van der Waals surface area contributed by atoms with E-state index in [1.807, 2.05) is 0 Å². The van der Waals surface area contributed by atoms with Crippen molar-refractivity contribution in [3.8, 4) is 0 Å². The molecule has 1 saturated heterocycles. The van der Waals surface area contributed by atoms with Gasteiger partial charge in [0.25, 0.3) is 0 Å². The first-order chi connectivity index (χ1) is 9.64. The summed E-state index contributed by atoms with van der Waals surface area (Å²) in [6.07, 6.45) is 7.77. The Morgan fingerprint density at radius 2 is 1.85 bits per heavy atom. The predicted molar refractivity (Wildman–Crippen MR) is 85.1 cm³/mol. The van der Waals surface area contributed by atoms with Gasteiger partial charge in [0, 0.05) is 12.1 Å². The van der Waals surface area contributed by atoms with Crippen LogP contribution in [0.5, 0.6) is 0 Å². The van der Waals surface area contributed by atoms with Gasteiger partial charge in [-0.15, -0.1) is 0 Å². The molecule has 1 aliphatic heterocycles. The first-order valence-electron chi connectivity index (χ1n) is 8.69. The van der Waals surface area contributed by atoms with Crippen LogP contribution in [-0.2, 0) is 4.74 Å². The summed E-state index contributed by atoms with van der Waals surface area (Å²) < 4.78 is 5.67. The SMILES string of the molecule is CCN(CC)C(CC)(CC)C(O)CCCC1CCCO1. The second kappa shape index (κ2) is 9.01. The lowest BCUT2D eigenvalue weighted by atomic mass is 9.82. The summed E-state index contributed by atoms with van der Waals surface area (Å²) in [5.41, 5.74) is -0.0416. The molecular formula is C17H35NO2. The fraction of sp³-hybridized carbons (Fsp3) is 1.00. The minimum atomic E-state index is -0.223. The molecule has 20 heavy (non-hydrogen) atoms. The summed E-state index contributed by atoms with van der Waals surface area (Å²) in [6.45, 7) is 11.8. The molecule has 120 valence electrons. The molecule has 1 aliphatic rings. The van der Waals surface area contributed by atoms with Gasteiger partial charge in [0.2, 0.25) is 0 Å². The summed E-state index contributed by atoms with van der Waals surface area (Å²) in [5.74, 6) is 0. The van der Waals surface area contributed by atoms with Crippen molar-refractivity contribution >= 4 is 0 Å². The topological polar surface area (TPSA) is 32.7 Å². The van der Waals surface area contributed by atoms with Crippen LogP contribution in [0.25, 0.3) is 0 Å². The molecule has 0 aromatic heterocycles. The molecule has 0 aromatic carbocycles. The quantitative estimate of drug-likeness (QED) is 0.666. The van der Waals surface area contributed by atoms with Crippen molar-refractivity contribution < 1.29 is 9.84 Å². The molecule has 0 aliphatic carbocycles. The Morgan fingerprint density at radius 1 is 1.20 bits per heavy atom. The van der Waals surface area contributed by atoms with Crippen molar-refractivity contribution in [2.45, 2.75) is 90.4 Å². The Labute approximate surface area is 125 Å². The van der Waals surface area contributed by atoms with Gasteiger partial charge in [-0.25, -0.2) is 0 Å². The molecule has 3 heteroatoms. The van der Waals surface area contributed by atoms with E-state index in [-0.39, 0.29) is 11.6 Å². The first-order valence-corrected chi connectivity index (χ1v) is 8.69. The molecule has 1 heterocycles. The molecule has 1 N–H and O–H groups in total. The molecule has 1 rings (SSSR count). The van der Waals surface area contributed by atoms with Crippen LogP contribution in [0.15, 0.2) is 0 Å². The van der Waals surface area contributed by atoms with Gasteiger partial charge in [-0.3, -0.25) is 4.90 Å². The first kappa shape index (κ1) is 17.9. The molecule has 0 aromatic rings. The van der Waals surface area contributed by atoms with Crippen molar-refractivity contribution in [2.75, 3.05) is 19.7 Å². The van der Waals surface area contributed by atoms with Crippen LogP contribution in [0.4, 0.5) is 0 Å². The van der Waals surface area contributed by atoms with Crippen molar-refractivity contribution in [1.29, 1.82) is 0 Å². The fourth-order valence-electron chi connectivity index (χ4n) is 3.91. The highest BCUT2D eigenvalue weighted by molar-refractivity contribution is 4.94. The number of aliphatic hydroxyl groups excluding tert-OH is 1. The van der Waals surface area contributed by atoms with Crippen molar-refractivity contribution in [3.05, 3.63) is 0 Å². The van der Waals surface area contributed by atoms with Gasteiger partial charge in [0.05, 0.1) is 12.2 Å². The van der Waals surface area contributed by atoms with Crippen LogP contribution in [0.3, 0.4) is 0 Å². The van der Waals surface area contributed by atoms with Crippen LogP contribution in [0.1, 0.15) is 72.6 Å². The molecule has 0 radical (unpaired) electrons. The molecule has 2 unspecified atom stereocenters. The highest BCUT2D eigenvalue weighted by atomic mass is 16.5. The molecule has 3 nitrogen and oxygen atoms in total. The number of likely N-dealkylation sites (N-methyl/N-ethyl adjacent to an activating group) is 1. The predicted octanol–water partition coefficient (Wildman–Crippen LogP) is 3.60. The Balaban J connectivity index is 2.51. The number of hydrogen-bond acceptors (Lipinski definition) is 3. The highest BCUT2D eigenvalue weighted by Gasteiger charge is 2.38. The Morgan fingerprint density at radius 3 is 2.30 bits per heavy atom. The van der Waals surface area contributed by atoms with E-state index in [1.165, 1.54) is 12.8 Å². The van der Waals surface area contributed by atoms with Gasteiger partial charge in [0.1, 0.15) is 0 Å². The molecule has 2 atom stereocenters. The van der Waals surface area contributed by atoms with E-state index < -0.39 is 0 Å². The zero-order valence-electron chi connectivity index (χ0n) is 14.0. The third-order valence-electron chi connectivity index (χ3n) is 5.27. The van der Waals surface area contributed by atoms with Gasteiger partial charge in [-0.2, -0.15) is 0 Å². The zero-order valence-corrected chi connectivity index (χ0v) is 14.0. The average molecular weight is 285 g/mol. The van der Waals surface area contributed by atoms with Crippen LogP contribution in [-0.4, -0.2) is 47.4 Å². The molecule has 0 saturated carbocycles. The molecular weight excluding hydrogens is 250 g/mol. The van der Waals surface area contributed by atoms with Crippen molar-refractivity contribution in [2.24, 2.45) is 0 Å². The van der Waals surface area contributed by atoms with Gasteiger partial charge >= 0.3 is 0 Å². The van der Waals surface area contributed by atoms with E-state index in [0.29, 0.717) is 6.10 Å². The summed E-state index contributed by atoms with van der Waals surface area (Å²) in [6, 6.07) is 0. The average Bonchev–Trinajstić information content (AvgIpc) is 2.98. The maximum absolute atomic E-state index is 10.8. The number of nitrogens with zero attached hydrogens (tertiary/aromatic N) is 1. The van der Waals surface area contributed by atoms with Crippen LogP contribution < -0.4 is 0 Å². The second-order valence-electron chi connectivity index (χ2n) is 6.06. The molecule has 0 bridgehead atoms. The monoisotopic (exact) mass is 285 g/mol. The fourth-order valence-corrected chi connectivity index (χ4v) is 3.91. The summed E-state index contributed by atoms with van der Waals surface area (Å²) >= 11 is 0. The van der Waals surface area contributed by atoms with Crippen LogP contribution >= 0.6 is 0 Å². The summed E-state index contributed by atoms with van der Waals surface area (Å²) in [4.78, 5) is 2.45. The number of rotatable bonds is 10. The van der Waals surface area contributed by atoms with Gasteiger partial charge in [0.15, 0.2) is 0 Å². The highest BCUT2D eigenvalue weighted by Crippen LogP contribution is 2.31. The smallest absolute Gasteiger partial charge is 0.0723 e. The van der Waals surface area contributed by atoms with E-state index in [1.54, 1.807) is 0 Å². The van der Waals surface area contributed by atoms with Gasteiger partial charge < -0.3 is 9.84 Å². The van der Waals surface area contributed by atoms with E-state index in [0.717, 1.165) is 51.8 Å². The van der Waals surface area contributed by atoms with Crippen molar-refractivity contribution in [1.82, 2.24) is 4.90 Å². The molecule has 1 fully saturated rings. The Hall–Kier alpha value is -0.120. The standard InChI is InChI=1S/C17H35NO2/c1-5-17(6-2,18(7-3)8-4)16(19)13-9-11-15-12-10-14-20-15/h15-16,19H,5-14H2,1-4H3. The van der Waals surface area contributed by atoms with E-state index in [2.05, 4.69) is 32.6 Å². The van der Waals surface area contributed by atoms with Crippen molar-refractivity contribution in [3.63, 3.8) is 0 Å². The van der Waals surface area contributed by atoms with E-state index >= 15 is 0 Å². The maximum atomic E-state index is 10.8. The third kappa shape index (κ3) is 4.19. The van der Waals surface area contributed by atoms with Crippen LogP contribution in [0, 0.1) is 0 Å². The van der Waals surface area contributed by atoms with E-state index in [9.17, 15) is 5.11 Å². The van der Waals surface area contributed by atoms with Gasteiger partial charge in [-0.05, 0) is 58.0 Å².